The molecule has 8 heteroatoms. The van der Waals surface area contributed by atoms with Crippen molar-refractivity contribution >= 4 is 5.91 Å². The van der Waals surface area contributed by atoms with Crippen LogP contribution >= 0.6 is 0 Å². The SMILES string of the molecule is CC(N)(C(=O)NCc1ccc(F)c(F)c1)C(F)(F)F. The smallest absolute Gasteiger partial charge is 0.350 e. The first-order valence-electron chi connectivity index (χ1n) is 5.13. The summed E-state index contributed by atoms with van der Waals surface area (Å²) in [5.41, 5.74) is 1.95. The summed E-state index contributed by atoms with van der Waals surface area (Å²) in [6.07, 6.45) is -4.91. The van der Waals surface area contributed by atoms with Gasteiger partial charge in [0.05, 0.1) is 0 Å². The van der Waals surface area contributed by atoms with Gasteiger partial charge in [-0.3, -0.25) is 4.79 Å². The van der Waals surface area contributed by atoms with E-state index in [0.717, 1.165) is 18.2 Å². The third-order valence-corrected chi connectivity index (χ3v) is 2.50. The standard InChI is InChI=1S/C11H11F5N2O/c1-10(17,11(14,15)16)9(19)18-5-6-2-3-7(12)8(13)4-6/h2-4H,5,17H2,1H3,(H,18,19). The molecule has 3 N–H and O–H groups in total. The predicted octanol–water partition coefficient (Wildman–Crippen LogP) is 1.86. The molecule has 3 nitrogen and oxygen atoms in total. The molecule has 0 aliphatic carbocycles. The molecule has 0 saturated carbocycles. The van der Waals surface area contributed by atoms with Gasteiger partial charge in [-0.15, -0.1) is 0 Å². The van der Waals surface area contributed by atoms with Crippen LogP contribution in [0.2, 0.25) is 0 Å². The Bertz CT molecular complexity index is 484. The van der Waals surface area contributed by atoms with Gasteiger partial charge in [0, 0.05) is 6.54 Å². The molecular weight excluding hydrogens is 271 g/mol. The molecule has 0 bridgehead atoms. The molecule has 1 aromatic rings. The molecule has 0 spiro atoms. The second kappa shape index (κ2) is 5.12. The van der Waals surface area contributed by atoms with Gasteiger partial charge in [-0.05, 0) is 24.6 Å². The van der Waals surface area contributed by atoms with Crippen molar-refractivity contribution in [2.45, 2.75) is 25.2 Å². The van der Waals surface area contributed by atoms with E-state index in [0.29, 0.717) is 6.92 Å². The summed E-state index contributed by atoms with van der Waals surface area (Å²) >= 11 is 0. The van der Waals surface area contributed by atoms with Crippen LogP contribution in [0.1, 0.15) is 12.5 Å². The third-order valence-electron chi connectivity index (χ3n) is 2.50. The average molecular weight is 282 g/mol. The number of carbonyl (C=O) groups excluding carboxylic acids is 1. The highest BCUT2D eigenvalue weighted by atomic mass is 19.4. The lowest BCUT2D eigenvalue weighted by molar-refractivity contribution is -0.187. The second-order valence-electron chi connectivity index (χ2n) is 4.13. The molecular formula is C11H11F5N2O. The summed E-state index contributed by atoms with van der Waals surface area (Å²) < 4.78 is 62.7. The normalized spacial score (nSPS) is 14.9. The van der Waals surface area contributed by atoms with Gasteiger partial charge in [0.2, 0.25) is 5.91 Å². The van der Waals surface area contributed by atoms with E-state index in [-0.39, 0.29) is 12.1 Å². The van der Waals surface area contributed by atoms with Crippen LogP contribution in [0.15, 0.2) is 18.2 Å². The second-order valence-corrected chi connectivity index (χ2v) is 4.13. The highest BCUT2D eigenvalue weighted by Gasteiger charge is 2.53. The molecule has 19 heavy (non-hydrogen) atoms. The van der Waals surface area contributed by atoms with Crippen LogP contribution in [0.4, 0.5) is 22.0 Å². The molecule has 1 amide bonds. The zero-order valence-electron chi connectivity index (χ0n) is 9.81. The molecule has 106 valence electrons. The molecule has 1 unspecified atom stereocenters. The van der Waals surface area contributed by atoms with Gasteiger partial charge in [0.25, 0.3) is 0 Å². The Morgan fingerprint density at radius 3 is 2.32 bits per heavy atom. The molecule has 0 saturated heterocycles. The Kier molecular flexibility index (Phi) is 4.14. The van der Waals surface area contributed by atoms with E-state index in [1.807, 2.05) is 5.32 Å². The monoisotopic (exact) mass is 282 g/mol. The number of hydrogen-bond donors (Lipinski definition) is 2. The van der Waals surface area contributed by atoms with E-state index in [2.05, 4.69) is 0 Å². The van der Waals surface area contributed by atoms with Crippen molar-refractivity contribution in [1.82, 2.24) is 5.32 Å². The van der Waals surface area contributed by atoms with Crippen molar-refractivity contribution in [3.63, 3.8) is 0 Å². The van der Waals surface area contributed by atoms with Crippen LogP contribution < -0.4 is 11.1 Å². The van der Waals surface area contributed by atoms with Crippen LogP contribution in [0.5, 0.6) is 0 Å². The molecule has 0 aliphatic heterocycles. The van der Waals surface area contributed by atoms with Gasteiger partial charge in [0.1, 0.15) is 0 Å². The lowest BCUT2D eigenvalue weighted by Gasteiger charge is -2.26. The van der Waals surface area contributed by atoms with E-state index >= 15 is 0 Å². The Morgan fingerprint density at radius 1 is 1.26 bits per heavy atom. The minimum atomic E-state index is -4.91. The van der Waals surface area contributed by atoms with Gasteiger partial charge in [-0.2, -0.15) is 13.2 Å². The fourth-order valence-corrected chi connectivity index (χ4v) is 1.14. The van der Waals surface area contributed by atoms with E-state index in [4.69, 9.17) is 5.73 Å². The Morgan fingerprint density at radius 2 is 1.84 bits per heavy atom. The van der Waals surface area contributed by atoms with Crippen LogP contribution in [0.25, 0.3) is 0 Å². The molecule has 0 fully saturated rings. The summed E-state index contributed by atoms with van der Waals surface area (Å²) in [7, 11) is 0. The minimum absolute atomic E-state index is 0.116. The van der Waals surface area contributed by atoms with Crippen LogP contribution in [0.3, 0.4) is 0 Å². The average Bonchev–Trinajstić information content (AvgIpc) is 2.28. The zero-order chi connectivity index (χ0) is 14.8. The molecule has 0 aliphatic rings. The number of rotatable bonds is 3. The number of hydrogen-bond acceptors (Lipinski definition) is 2. The summed E-state index contributed by atoms with van der Waals surface area (Å²) in [5.74, 6) is -3.70. The topological polar surface area (TPSA) is 55.1 Å². The minimum Gasteiger partial charge on any atom is -0.350 e. The number of halogens is 5. The third kappa shape index (κ3) is 3.40. The fourth-order valence-electron chi connectivity index (χ4n) is 1.14. The Labute approximate surface area is 105 Å². The van der Waals surface area contributed by atoms with Crippen LogP contribution in [-0.4, -0.2) is 17.6 Å². The molecule has 0 heterocycles. The van der Waals surface area contributed by atoms with E-state index in [9.17, 15) is 26.7 Å². The summed E-state index contributed by atoms with van der Waals surface area (Å²) in [4.78, 5) is 11.3. The first-order chi connectivity index (χ1) is 8.55. The number of nitrogens with two attached hydrogens (primary N) is 1. The molecule has 1 atom stereocenters. The number of carbonyl (C=O) groups is 1. The van der Waals surface area contributed by atoms with Crippen molar-refractivity contribution < 1.29 is 26.7 Å². The first kappa shape index (κ1) is 15.4. The molecule has 0 radical (unpaired) electrons. The van der Waals surface area contributed by atoms with Crippen molar-refractivity contribution in [3.05, 3.63) is 35.4 Å². The maximum absolute atomic E-state index is 12.8. The van der Waals surface area contributed by atoms with Crippen molar-refractivity contribution in [1.29, 1.82) is 0 Å². The van der Waals surface area contributed by atoms with Gasteiger partial charge in [-0.1, -0.05) is 6.07 Å². The maximum atomic E-state index is 12.8. The highest BCUT2D eigenvalue weighted by Crippen LogP contribution is 2.28. The van der Waals surface area contributed by atoms with E-state index in [1.165, 1.54) is 0 Å². The first-order valence-corrected chi connectivity index (χ1v) is 5.13. The van der Waals surface area contributed by atoms with E-state index < -0.39 is 29.3 Å². The number of alkyl halides is 3. The largest absolute Gasteiger partial charge is 0.415 e. The molecule has 1 aromatic carbocycles. The van der Waals surface area contributed by atoms with Gasteiger partial charge < -0.3 is 11.1 Å². The summed E-state index contributed by atoms with van der Waals surface area (Å²) in [5, 5.41) is 1.92. The number of benzene rings is 1. The van der Waals surface area contributed by atoms with Gasteiger partial charge in [0.15, 0.2) is 17.2 Å². The van der Waals surface area contributed by atoms with Crippen LogP contribution in [0, 0.1) is 11.6 Å². The zero-order valence-corrected chi connectivity index (χ0v) is 9.81. The molecule has 1 rings (SSSR count). The predicted molar refractivity (Wildman–Crippen MR) is 56.9 cm³/mol. The van der Waals surface area contributed by atoms with Crippen LogP contribution in [-0.2, 0) is 11.3 Å². The van der Waals surface area contributed by atoms with Gasteiger partial charge >= 0.3 is 6.18 Å². The van der Waals surface area contributed by atoms with Crippen molar-refractivity contribution in [2.75, 3.05) is 0 Å². The molecule has 0 aromatic heterocycles. The number of nitrogens with one attached hydrogen (secondary N) is 1. The summed E-state index contributed by atoms with van der Waals surface area (Å²) in [6.45, 7) is 0.131. The Hall–Kier alpha value is -1.70. The Balaban J connectivity index is 2.72. The lowest BCUT2D eigenvalue weighted by Crippen LogP contribution is -2.61. The summed E-state index contributed by atoms with van der Waals surface area (Å²) in [6, 6.07) is 2.72. The van der Waals surface area contributed by atoms with E-state index in [1.54, 1.807) is 0 Å². The van der Waals surface area contributed by atoms with Gasteiger partial charge in [-0.25, -0.2) is 8.78 Å². The van der Waals surface area contributed by atoms with Crippen molar-refractivity contribution in [3.8, 4) is 0 Å². The fraction of sp³-hybridized carbons (Fsp3) is 0.364. The number of amides is 1. The quantitative estimate of drug-likeness (QED) is 0.831. The maximum Gasteiger partial charge on any atom is 0.415 e. The highest BCUT2D eigenvalue weighted by molar-refractivity contribution is 5.86. The van der Waals surface area contributed by atoms with Crippen molar-refractivity contribution in [2.24, 2.45) is 5.73 Å². The lowest BCUT2D eigenvalue weighted by atomic mass is 10.0.